The fourth-order valence-corrected chi connectivity index (χ4v) is 3.12. The van der Waals surface area contributed by atoms with Gasteiger partial charge >= 0.3 is 0 Å². The maximum absolute atomic E-state index is 10.0. The van der Waals surface area contributed by atoms with E-state index in [1.54, 1.807) is 12.5 Å². The van der Waals surface area contributed by atoms with Crippen molar-refractivity contribution in [3.8, 4) is 11.1 Å². The predicted molar refractivity (Wildman–Crippen MR) is 96.2 cm³/mol. The molecule has 6 heteroatoms. The van der Waals surface area contributed by atoms with Gasteiger partial charge in [-0.05, 0) is 44.0 Å². The average Bonchev–Trinajstić information content (AvgIpc) is 3.11. The first-order valence-corrected chi connectivity index (χ1v) is 8.32. The summed E-state index contributed by atoms with van der Waals surface area (Å²) in [6.07, 6.45) is 5.33. The molecule has 25 heavy (non-hydrogen) atoms. The van der Waals surface area contributed by atoms with E-state index >= 15 is 0 Å². The largest absolute Gasteiger partial charge is 0.387 e. The van der Waals surface area contributed by atoms with Crippen molar-refractivity contribution >= 4 is 16.6 Å². The number of aliphatic hydroxyl groups excluding tert-OH is 1. The molecule has 0 amide bonds. The van der Waals surface area contributed by atoms with Crippen LogP contribution in [0.1, 0.15) is 36.4 Å². The Bertz CT molecular complexity index is 1090. The Labute approximate surface area is 145 Å². The smallest absolute Gasteiger partial charge is 0.163 e. The summed E-state index contributed by atoms with van der Waals surface area (Å²) in [6, 6.07) is 6.02. The van der Waals surface area contributed by atoms with Crippen LogP contribution in [0.15, 0.2) is 36.9 Å². The second-order valence-corrected chi connectivity index (χ2v) is 6.29. The summed E-state index contributed by atoms with van der Waals surface area (Å²) < 4.78 is 1.84. The van der Waals surface area contributed by atoms with Gasteiger partial charge in [-0.3, -0.25) is 9.97 Å². The van der Waals surface area contributed by atoms with Crippen molar-refractivity contribution in [2.24, 2.45) is 0 Å². The van der Waals surface area contributed by atoms with E-state index in [1.165, 1.54) is 0 Å². The molecule has 1 N–H and O–H groups in total. The first-order chi connectivity index (χ1) is 12.1. The predicted octanol–water partition coefficient (Wildman–Crippen LogP) is 3.40. The molecular weight excluding hydrogens is 314 g/mol. The minimum atomic E-state index is -0.537. The summed E-state index contributed by atoms with van der Waals surface area (Å²) in [7, 11) is 0. The lowest BCUT2D eigenvalue weighted by Gasteiger charge is -2.13. The van der Waals surface area contributed by atoms with Crippen molar-refractivity contribution in [3.63, 3.8) is 0 Å². The van der Waals surface area contributed by atoms with Crippen molar-refractivity contribution in [3.05, 3.63) is 53.9 Å². The fourth-order valence-electron chi connectivity index (χ4n) is 3.12. The van der Waals surface area contributed by atoms with Crippen molar-refractivity contribution in [1.82, 2.24) is 24.6 Å². The fraction of sp³-hybridized carbons (Fsp3) is 0.263. The average molecular weight is 333 g/mol. The van der Waals surface area contributed by atoms with E-state index in [9.17, 15) is 5.11 Å². The Morgan fingerprint density at radius 1 is 1.04 bits per heavy atom. The number of fused-ring (bicyclic) bond motifs is 3. The molecule has 0 saturated carbocycles. The summed E-state index contributed by atoms with van der Waals surface area (Å²) in [4.78, 5) is 13.3. The molecule has 1 atom stereocenters. The van der Waals surface area contributed by atoms with Crippen LogP contribution in [0.3, 0.4) is 0 Å². The van der Waals surface area contributed by atoms with Gasteiger partial charge in [0.05, 0.1) is 17.3 Å². The van der Waals surface area contributed by atoms with Crippen LogP contribution in [-0.4, -0.2) is 29.7 Å². The summed E-state index contributed by atoms with van der Waals surface area (Å²) in [5.74, 6) is 0. The highest BCUT2D eigenvalue weighted by Crippen LogP contribution is 2.31. The maximum Gasteiger partial charge on any atom is 0.163 e. The normalized spacial score (nSPS) is 12.8. The van der Waals surface area contributed by atoms with Gasteiger partial charge in [-0.15, -0.1) is 0 Å². The van der Waals surface area contributed by atoms with Gasteiger partial charge in [0, 0.05) is 34.6 Å². The molecule has 0 saturated heterocycles. The number of nitrogens with zero attached hydrogens (tertiary/aromatic N) is 5. The van der Waals surface area contributed by atoms with E-state index in [1.807, 2.05) is 43.6 Å². The van der Waals surface area contributed by atoms with Gasteiger partial charge in [0.15, 0.2) is 5.65 Å². The van der Waals surface area contributed by atoms with Gasteiger partial charge < -0.3 is 5.11 Å². The second kappa shape index (κ2) is 5.89. The van der Waals surface area contributed by atoms with Gasteiger partial charge in [0.25, 0.3) is 0 Å². The second-order valence-electron chi connectivity index (χ2n) is 6.29. The third-order valence-electron chi connectivity index (χ3n) is 4.52. The molecule has 0 aromatic carbocycles. The van der Waals surface area contributed by atoms with Crippen LogP contribution in [0.4, 0.5) is 0 Å². The first-order valence-electron chi connectivity index (χ1n) is 8.32. The van der Waals surface area contributed by atoms with Crippen LogP contribution < -0.4 is 0 Å². The summed E-state index contributed by atoms with van der Waals surface area (Å²) >= 11 is 0. The Kier molecular flexibility index (Phi) is 3.69. The molecule has 4 aromatic heterocycles. The highest BCUT2D eigenvalue weighted by atomic mass is 16.3. The van der Waals surface area contributed by atoms with E-state index in [-0.39, 0.29) is 0 Å². The van der Waals surface area contributed by atoms with Crippen LogP contribution in [0.25, 0.3) is 27.7 Å². The summed E-state index contributed by atoms with van der Waals surface area (Å²) in [5.41, 5.74) is 6.37. The monoisotopic (exact) mass is 333 g/mol. The highest BCUT2D eigenvalue weighted by Gasteiger charge is 2.15. The number of rotatable bonds is 3. The van der Waals surface area contributed by atoms with Crippen LogP contribution >= 0.6 is 0 Å². The SMILES string of the molecule is CCC(O)c1cc(C)c(-c2cc3cnc(C)cc3n3ncnc23)cn1. The Morgan fingerprint density at radius 3 is 2.64 bits per heavy atom. The number of pyridine rings is 3. The van der Waals surface area contributed by atoms with Crippen LogP contribution in [0, 0.1) is 13.8 Å². The zero-order valence-corrected chi connectivity index (χ0v) is 14.4. The van der Waals surface area contributed by atoms with Crippen molar-refractivity contribution in [1.29, 1.82) is 0 Å². The number of hydrogen-bond donors (Lipinski definition) is 1. The molecule has 0 aliphatic heterocycles. The Morgan fingerprint density at radius 2 is 1.88 bits per heavy atom. The molecule has 0 spiro atoms. The Balaban J connectivity index is 1.97. The lowest BCUT2D eigenvalue weighted by Crippen LogP contribution is -2.01. The number of hydrogen-bond acceptors (Lipinski definition) is 5. The van der Waals surface area contributed by atoms with Crippen LogP contribution in [0.2, 0.25) is 0 Å². The van der Waals surface area contributed by atoms with E-state index in [0.717, 1.165) is 38.9 Å². The van der Waals surface area contributed by atoms with Crippen LogP contribution in [-0.2, 0) is 0 Å². The summed E-state index contributed by atoms with van der Waals surface area (Å²) in [6.45, 7) is 5.92. The molecule has 126 valence electrons. The van der Waals surface area contributed by atoms with Gasteiger partial charge in [-0.25, -0.2) is 9.50 Å². The van der Waals surface area contributed by atoms with E-state index in [2.05, 4.69) is 26.1 Å². The zero-order valence-electron chi connectivity index (χ0n) is 14.4. The molecule has 6 nitrogen and oxygen atoms in total. The zero-order chi connectivity index (χ0) is 17.6. The maximum atomic E-state index is 10.0. The number of aryl methyl sites for hydroxylation is 2. The lowest BCUT2D eigenvalue weighted by molar-refractivity contribution is 0.169. The first kappa shape index (κ1) is 15.7. The van der Waals surface area contributed by atoms with Crippen molar-refractivity contribution in [2.45, 2.75) is 33.3 Å². The molecule has 0 radical (unpaired) electrons. The van der Waals surface area contributed by atoms with E-state index in [4.69, 9.17) is 0 Å². The molecule has 4 heterocycles. The van der Waals surface area contributed by atoms with Gasteiger partial charge in [0.1, 0.15) is 6.33 Å². The number of aliphatic hydroxyl groups is 1. The summed E-state index contributed by atoms with van der Waals surface area (Å²) in [5, 5.41) is 15.4. The molecule has 0 aliphatic rings. The molecule has 0 fully saturated rings. The topological polar surface area (TPSA) is 76.2 Å². The van der Waals surface area contributed by atoms with E-state index < -0.39 is 6.10 Å². The molecule has 1 unspecified atom stereocenters. The molecule has 4 aromatic rings. The minimum Gasteiger partial charge on any atom is -0.387 e. The molecule has 0 bridgehead atoms. The molecule has 0 aliphatic carbocycles. The van der Waals surface area contributed by atoms with E-state index in [0.29, 0.717) is 12.1 Å². The van der Waals surface area contributed by atoms with Gasteiger partial charge in [-0.1, -0.05) is 6.92 Å². The molecule has 4 rings (SSSR count). The highest BCUT2D eigenvalue weighted by molar-refractivity contribution is 5.91. The quantitative estimate of drug-likeness (QED) is 0.622. The Hall–Kier alpha value is -2.86. The minimum absolute atomic E-state index is 0.537. The van der Waals surface area contributed by atoms with Crippen molar-refractivity contribution < 1.29 is 5.11 Å². The standard InChI is InChI=1S/C19H19N5O/c1-4-18(25)16-5-11(2)15(9-21-16)14-7-13-8-20-12(3)6-17(13)24-19(14)22-10-23-24/h5-10,18,25H,4H2,1-3H3. The van der Waals surface area contributed by atoms with Crippen LogP contribution in [0.5, 0.6) is 0 Å². The van der Waals surface area contributed by atoms with Crippen molar-refractivity contribution in [2.75, 3.05) is 0 Å². The third kappa shape index (κ3) is 2.55. The third-order valence-corrected chi connectivity index (χ3v) is 4.52. The lowest BCUT2D eigenvalue weighted by atomic mass is 10.0. The number of aromatic nitrogens is 5. The molecular formula is C19H19N5O. The van der Waals surface area contributed by atoms with Gasteiger partial charge in [0.2, 0.25) is 0 Å². The van der Waals surface area contributed by atoms with Gasteiger partial charge in [-0.2, -0.15) is 5.10 Å².